The molecule has 106 valence electrons. The van der Waals surface area contributed by atoms with Crippen LogP contribution in [0, 0.1) is 5.82 Å². The number of sulfone groups is 1. The molecule has 1 saturated heterocycles. The number of halogens is 1. The molecule has 0 aromatic heterocycles. The van der Waals surface area contributed by atoms with Crippen molar-refractivity contribution in [2.75, 3.05) is 36.5 Å². The summed E-state index contributed by atoms with van der Waals surface area (Å²) >= 11 is 0. The largest absolute Gasteiger partial charge is 0.375 e. The first-order chi connectivity index (χ1) is 8.96. The van der Waals surface area contributed by atoms with Crippen LogP contribution >= 0.6 is 0 Å². The van der Waals surface area contributed by atoms with Crippen LogP contribution in [-0.2, 0) is 9.84 Å². The Labute approximate surface area is 113 Å². The van der Waals surface area contributed by atoms with Crippen molar-refractivity contribution in [3.05, 3.63) is 30.1 Å². The van der Waals surface area contributed by atoms with E-state index in [2.05, 4.69) is 5.32 Å². The maximum Gasteiger partial charge on any atom is 0.153 e. The SMILES string of the molecule is CN(CCC1CS(=O)(=O)CCN1)c1ccc(F)cc1. The van der Waals surface area contributed by atoms with Crippen LogP contribution in [0.2, 0.25) is 0 Å². The Balaban J connectivity index is 1.86. The minimum Gasteiger partial charge on any atom is -0.375 e. The molecule has 4 nitrogen and oxygen atoms in total. The van der Waals surface area contributed by atoms with E-state index in [9.17, 15) is 12.8 Å². The van der Waals surface area contributed by atoms with Gasteiger partial charge in [-0.3, -0.25) is 0 Å². The predicted octanol–water partition coefficient (Wildman–Crippen LogP) is 1.04. The fraction of sp³-hybridized carbons (Fsp3) is 0.538. The van der Waals surface area contributed by atoms with Gasteiger partial charge in [0, 0.05) is 31.9 Å². The molecule has 0 aliphatic carbocycles. The number of nitrogens with zero attached hydrogens (tertiary/aromatic N) is 1. The third kappa shape index (κ3) is 4.18. The van der Waals surface area contributed by atoms with Gasteiger partial charge in [-0.1, -0.05) is 0 Å². The van der Waals surface area contributed by atoms with Gasteiger partial charge in [0.2, 0.25) is 0 Å². The van der Waals surface area contributed by atoms with Crippen molar-refractivity contribution in [2.24, 2.45) is 0 Å². The van der Waals surface area contributed by atoms with Crippen LogP contribution in [0.4, 0.5) is 10.1 Å². The Morgan fingerprint density at radius 2 is 2.05 bits per heavy atom. The summed E-state index contributed by atoms with van der Waals surface area (Å²) in [5.74, 6) is 0.193. The lowest BCUT2D eigenvalue weighted by molar-refractivity contribution is 0.495. The summed E-state index contributed by atoms with van der Waals surface area (Å²) in [5.41, 5.74) is 0.931. The molecule has 19 heavy (non-hydrogen) atoms. The van der Waals surface area contributed by atoms with Crippen molar-refractivity contribution in [2.45, 2.75) is 12.5 Å². The molecule has 2 rings (SSSR count). The second-order valence-electron chi connectivity index (χ2n) is 4.95. The Hall–Kier alpha value is -1.14. The molecule has 1 aliphatic rings. The zero-order chi connectivity index (χ0) is 13.9. The molecule has 1 aromatic carbocycles. The Bertz CT molecular complexity index is 516. The molecule has 1 atom stereocenters. The number of benzene rings is 1. The summed E-state index contributed by atoms with van der Waals surface area (Å²) < 4.78 is 35.9. The molecule has 1 fully saturated rings. The van der Waals surface area contributed by atoms with Gasteiger partial charge in [-0.2, -0.15) is 0 Å². The summed E-state index contributed by atoms with van der Waals surface area (Å²) in [5, 5.41) is 3.22. The smallest absolute Gasteiger partial charge is 0.153 e. The van der Waals surface area contributed by atoms with Crippen molar-refractivity contribution in [3.63, 3.8) is 0 Å². The fourth-order valence-electron chi connectivity index (χ4n) is 2.23. The van der Waals surface area contributed by atoms with E-state index in [1.807, 2.05) is 11.9 Å². The molecule has 1 aliphatic heterocycles. The van der Waals surface area contributed by atoms with Crippen LogP contribution in [-0.4, -0.2) is 46.1 Å². The Morgan fingerprint density at radius 3 is 2.68 bits per heavy atom. The average molecular weight is 286 g/mol. The van der Waals surface area contributed by atoms with Gasteiger partial charge in [0.25, 0.3) is 0 Å². The first-order valence-corrected chi connectivity index (χ1v) is 8.19. The molecule has 0 bridgehead atoms. The van der Waals surface area contributed by atoms with Crippen LogP contribution < -0.4 is 10.2 Å². The normalized spacial score (nSPS) is 22.1. The third-order valence-electron chi connectivity index (χ3n) is 3.38. The van der Waals surface area contributed by atoms with Gasteiger partial charge < -0.3 is 10.2 Å². The van der Waals surface area contributed by atoms with E-state index in [4.69, 9.17) is 0 Å². The molecule has 6 heteroatoms. The second-order valence-corrected chi connectivity index (χ2v) is 7.18. The minimum atomic E-state index is -2.88. The molecule has 1 aromatic rings. The average Bonchev–Trinajstić information content (AvgIpc) is 2.36. The van der Waals surface area contributed by atoms with Gasteiger partial charge in [-0.15, -0.1) is 0 Å². The molecular weight excluding hydrogens is 267 g/mol. The Kier molecular flexibility index (Phi) is 4.42. The van der Waals surface area contributed by atoms with Crippen molar-refractivity contribution in [1.29, 1.82) is 0 Å². The monoisotopic (exact) mass is 286 g/mol. The van der Waals surface area contributed by atoms with E-state index >= 15 is 0 Å². The van der Waals surface area contributed by atoms with Gasteiger partial charge in [-0.05, 0) is 30.7 Å². The van der Waals surface area contributed by atoms with E-state index in [0.717, 1.165) is 18.7 Å². The quantitative estimate of drug-likeness (QED) is 0.898. The fourth-order valence-corrected chi connectivity index (χ4v) is 3.72. The summed E-state index contributed by atoms with van der Waals surface area (Å²) in [6.45, 7) is 1.27. The molecular formula is C13H19FN2O2S. The van der Waals surface area contributed by atoms with Gasteiger partial charge in [0.05, 0.1) is 11.5 Å². The van der Waals surface area contributed by atoms with Gasteiger partial charge in [0.1, 0.15) is 5.82 Å². The zero-order valence-electron chi connectivity index (χ0n) is 11.0. The highest BCUT2D eigenvalue weighted by molar-refractivity contribution is 7.91. The van der Waals surface area contributed by atoms with Crippen molar-refractivity contribution >= 4 is 15.5 Å². The van der Waals surface area contributed by atoms with Crippen LogP contribution in [0.5, 0.6) is 0 Å². The number of rotatable bonds is 4. The van der Waals surface area contributed by atoms with Gasteiger partial charge in [-0.25, -0.2) is 12.8 Å². The van der Waals surface area contributed by atoms with Crippen LogP contribution in [0.1, 0.15) is 6.42 Å². The lowest BCUT2D eigenvalue weighted by atomic mass is 10.2. The van der Waals surface area contributed by atoms with Crippen LogP contribution in [0.15, 0.2) is 24.3 Å². The molecule has 0 saturated carbocycles. The highest BCUT2D eigenvalue weighted by Crippen LogP contribution is 2.14. The van der Waals surface area contributed by atoms with Gasteiger partial charge in [0.15, 0.2) is 9.84 Å². The number of hydrogen-bond acceptors (Lipinski definition) is 4. The third-order valence-corrected chi connectivity index (χ3v) is 5.12. The minimum absolute atomic E-state index is 0.0154. The lowest BCUT2D eigenvalue weighted by Crippen LogP contribution is -2.46. The molecule has 0 radical (unpaired) electrons. The van der Waals surface area contributed by atoms with Crippen LogP contribution in [0.25, 0.3) is 0 Å². The first-order valence-electron chi connectivity index (χ1n) is 6.37. The topological polar surface area (TPSA) is 49.4 Å². The summed E-state index contributed by atoms with van der Waals surface area (Å²) in [4.78, 5) is 2.00. The summed E-state index contributed by atoms with van der Waals surface area (Å²) in [6, 6.07) is 6.31. The standard InChI is InChI=1S/C13H19FN2O2S/c1-16(13-4-2-11(14)3-5-13)8-6-12-10-19(17,18)9-7-15-12/h2-5,12,15H,6-10H2,1H3. The molecule has 1 heterocycles. The predicted molar refractivity (Wildman–Crippen MR) is 74.7 cm³/mol. The second kappa shape index (κ2) is 5.88. The highest BCUT2D eigenvalue weighted by atomic mass is 32.2. The maximum absolute atomic E-state index is 12.8. The van der Waals surface area contributed by atoms with Gasteiger partial charge >= 0.3 is 0 Å². The van der Waals surface area contributed by atoms with Crippen molar-refractivity contribution in [1.82, 2.24) is 5.32 Å². The summed E-state index contributed by atoms with van der Waals surface area (Å²) in [6.07, 6.45) is 0.757. The molecule has 0 amide bonds. The van der Waals surface area contributed by atoms with E-state index < -0.39 is 9.84 Å². The van der Waals surface area contributed by atoms with E-state index in [1.165, 1.54) is 12.1 Å². The van der Waals surface area contributed by atoms with E-state index in [0.29, 0.717) is 6.54 Å². The molecule has 0 spiro atoms. The molecule has 1 unspecified atom stereocenters. The van der Waals surface area contributed by atoms with Crippen molar-refractivity contribution < 1.29 is 12.8 Å². The maximum atomic E-state index is 12.8. The number of anilines is 1. The molecule has 1 N–H and O–H groups in total. The first kappa shape index (κ1) is 14.3. The van der Waals surface area contributed by atoms with Crippen LogP contribution in [0.3, 0.4) is 0 Å². The summed E-state index contributed by atoms with van der Waals surface area (Å²) in [7, 11) is -0.959. The zero-order valence-corrected chi connectivity index (χ0v) is 11.8. The van der Waals surface area contributed by atoms with E-state index in [-0.39, 0.29) is 23.4 Å². The van der Waals surface area contributed by atoms with E-state index in [1.54, 1.807) is 12.1 Å². The number of nitrogens with one attached hydrogen (secondary N) is 1. The van der Waals surface area contributed by atoms with Crippen molar-refractivity contribution in [3.8, 4) is 0 Å². The Morgan fingerprint density at radius 1 is 1.37 bits per heavy atom. The lowest BCUT2D eigenvalue weighted by Gasteiger charge is -2.26. The number of hydrogen-bond donors (Lipinski definition) is 1. The highest BCUT2D eigenvalue weighted by Gasteiger charge is 2.24.